The lowest BCUT2D eigenvalue weighted by Crippen LogP contribution is -2.44. The number of hydrogen-bond acceptors (Lipinski definition) is 6. The minimum absolute atomic E-state index is 0.0485. The Labute approximate surface area is 100.0 Å². The van der Waals surface area contributed by atoms with Crippen LogP contribution in [0.1, 0.15) is 20.8 Å². The molecule has 0 unspecified atom stereocenters. The summed E-state index contributed by atoms with van der Waals surface area (Å²) in [6.07, 6.45) is 0. The number of likely N-dealkylation sites (N-methyl/N-ethyl adjacent to an activating group) is 1. The number of aliphatic hydroxyl groups excluding tert-OH is 1. The Morgan fingerprint density at radius 2 is 2.19 bits per heavy atom. The van der Waals surface area contributed by atoms with Gasteiger partial charge in [0.05, 0.1) is 18.8 Å². The van der Waals surface area contributed by atoms with Crippen molar-refractivity contribution in [1.82, 2.24) is 4.37 Å². The monoisotopic (exact) mass is 245 g/mol. The highest BCUT2D eigenvalue weighted by molar-refractivity contribution is 7.11. The maximum Gasteiger partial charge on any atom is 0.197 e. The van der Waals surface area contributed by atoms with Crippen molar-refractivity contribution in [2.24, 2.45) is 0 Å². The van der Waals surface area contributed by atoms with Crippen LogP contribution in [0, 0.1) is 0 Å². The molecule has 1 aromatic heterocycles. The Hall–Kier alpha value is -1.01. The van der Waals surface area contributed by atoms with E-state index in [9.17, 15) is 5.11 Å². The molecule has 0 bridgehead atoms. The van der Waals surface area contributed by atoms with Gasteiger partial charge in [-0.05, 0) is 32.3 Å². The lowest BCUT2D eigenvalue weighted by atomic mass is 10.1. The summed E-state index contributed by atoms with van der Waals surface area (Å²) in [6, 6.07) is 0. The molecule has 5 nitrogen and oxygen atoms in total. The van der Waals surface area contributed by atoms with Crippen LogP contribution >= 0.6 is 11.5 Å². The standard InChI is InChI=1S/C10H19N3O2S/c1-5-15-7-8(11)12-16-9(7)13(4)10(2,3)6-14/h14H,5-6H2,1-4H3,(H2,11,12). The number of nitrogens with zero attached hydrogens (tertiary/aromatic N) is 2. The van der Waals surface area contributed by atoms with Gasteiger partial charge in [-0.25, -0.2) is 0 Å². The van der Waals surface area contributed by atoms with Crippen LogP contribution in [0.3, 0.4) is 0 Å². The average Bonchev–Trinajstić information content (AvgIpc) is 2.60. The Balaban J connectivity index is 3.03. The number of nitrogen functional groups attached to an aromatic ring is 1. The Kier molecular flexibility index (Phi) is 3.98. The first-order chi connectivity index (χ1) is 7.44. The fourth-order valence-electron chi connectivity index (χ4n) is 1.16. The van der Waals surface area contributed by atoms with Crippen LogP contribution in [-0.2, 0) is 0 Å². The predicted octanol–water partition coefficient (Wildman–Crippen LogP) is 1.33. The first-order valence-corrected chi connectivity index (χ1v) is 5.94. The summed E-state index contributed by atoms with van der Waals surface area (Å²) in [4.78, 5) is 1.94. The maximum absolute atomic E-state index is 9.32. The van der Waals surface area contributed by atoms with Crippen molar-refractivity contribution in [3.8, 4) is 5.75 Å². The zero-order valence-electron chi connectivity index (χ0n) is 10.1. The predicted molar refractivity (Wildman–Crippen MR) is 67.3 cm³/mol. The van der Waals surface area contributed by atoms with Crippen LogP contribution in [0.2, 0.25) is 0 Å². The summed E-state index contributed by atoms with van der Waals surface area (Å²) in [5.74, 6) is 1.01. The summed E-state index contributed by atoms with van der Waals surface area (Å²) in [7, 11) is 1.89. The molecule has 16 heavy (non-hydrogen) atoms. The summed E-state index contributed by atoms with van der Waals surface area (Å²) in [6.45, 7) is 6.38. The van der Waals surface area contributed by atoms with E-state index in [1.165, 1.54) is 11.5 Å². The van der Waals surface area contributed by atoms with Gasteiger partial charge in [0.25, 0.3) is 0 Å². The van der Waals surface area contributed by atoms with Crippen LogP contribution in [0.25, 0.3) is 0 Å². The number of hydrogen-bond donors (Lipinski definition) is 2. The van der Waals surface area contributed by atoms with Crippen molar-refractivity contribution in [1.29, 1.82) is 0 Å². The second-order valence-electron chi connectivity index (χ2n) is 4.16. The minimum atomic E-state index is -0.370. The molecule has 1 heterocycles. The van der Waals surface area contributed by atoms with Gasteiger partial charge in [0.2, 0.25) is 0 Å². The van der Waals surface area contributed by atoms with Crippen molar-refractivity contribution >= 4 is 22.4 Å². The van der Waals surface area contributed by atoms with Crippen molar-refractivity contribution in [3.63, 3.8) is 0 Å². The van der Waals surface area contributed by atoms with Gasteiger partial charge in [-0.15, -0.1) is 0 Å². The summed E-state index contributed by atoms with van der Waals surface area (Å²) >= 11 is 1.28. The molecular weight excluding hydrogens is 226 g/mol. The molecule has 0 saturated heterocycles. The third-order valence-corrected chi connectivity index (χ3v) is 3.47. The van der Waals surface area contributed by atoms with Gasteiger partial charge in [0, 0.05) is 7.05 Å². The van der Waals surface area contributed by atoms with Crippen molar-refractivity contribution in [3.05, 3.63) is 0 Å². The summed E-state index contributed by atoms with van der Waals surface area (Å²) < 4.78 is 9.54. The molecule has 0 fully saturated rings. The molecule has 92 valence electrons. The molecule has 0 aromatic carbocycles. The number of rotatable bonds is 5. The third-order valence-electron chi connectivity index (χ3n) is 2.55. The molecule has 0 radical (unpaired) electrons. The quantitative estimate of drug-likeness (QED) is 0.819. The zero-order valence-corrected chi connectivity index (χ0v) is 11.0. The first kappa shape index (κ1) is 13.1. The largest absolute Gasteiger partial charge is 0.487 e. The SMILES string of the molecule is CCOc1c(N)nsc1N(C)C(C)(C)CO. The highest BCUT2D eigenvalue weighted by atomic mass is 32.1. The fraction of sp³-hybridized carbons (Fsp3) is 0.700. The number of anilines is 2. The average molecular weight is 245 g/mol. The number of aliphatic hydroxyl groups is 1. The van der Waals surface area contributed by atoms with Crippen LogP contribution in [0.5, 0.6) is 5.75 Å². The van der Waals surface area contributed by atoms with E-state index in [1.54, 1.807) is 0 Å². The first-order valence-electron chi connectivity index (χ1n) is 5.16. The molecular formula is C10H19N3O2S. The summed E-state index contributed by atoms with van der Waals surface area (Å²) in [5, 5.41) is 10.2. The second kappa shape index (κ2) is 4.88. The maximum atomic E-state index is 9.32. The van der Waals surface area contributed by atoms with Crippen LogP contribution in [0.4, 0.5) is 10.8 Å². The van der Waals surface area contributed by atoms with Crippen LogP contribution in [-0.4, -0.2) is 35.3 Å². The summed E-state index contributed by atoms with van der Waals surface area (Å²) in [5.41, 5.74) is 5.36. The number of nitrogens with two attached hydrogens (primary N) is 1. The highest BCUT2D eigenvalue weighted by Gasteiger charge is 2.28. The van der Waals surface area contributed by atoms with E-state index < -0.39 is 0 Å². The Bertz CT molecular complexity index is 352. The van der Waals surface area contributed by atoms with E-state index in [2.05, 4.69) is 4.37 Å². The van der Waals surface area contributed by atoms with Crippen molar-refractivity contribution in [2.75, 3.05) is 30.9 Å². The van der Waals surface area contributed by atoms with Gasteiger partial charge in [0.1, 0.15) is 0 Å². The highest BCUT2D eigenvalue weighted by Crippen LogP contribution is 2.40. The van der Waals surface area contributed by atoms with Crippen LogP contribution in [0.15, 0.2) is 0 Å². The molecule has 1 aromatic rings. The lowest BCUT2D eigenvalue weighted by Gasteiger charge is -2.34. The second-order valence-corrected chi connectivity index (χ2v) is 4.92. The van der Waals surface area contributed by atoms with Gasteiger partial charge in [0.15, 0.2) is 16.6 Å². The number of ether oxygens (including phenoxy) is 1. The Morgan fingerprint density at radius 1 is 1.56 bits per heavy atom. The van der Waals surface area contributed by atoms with Gasteiger partial charge < -0.3 is 20.5 Å². The molecule has 0 spiro atoms. The molecule has 0 atom stereocenters. The van der Waals surface area contributed by atoms with Gasteiger partial charge >= 0.3 is 0 Å². The van der Waals surface area contributed by atoms with E-state index in [4.69, 9.17) is 10.5 Å². The van der Waals surface area contributed by atoms with E-state index in [0.29, 0.717) is 18.2 Å². The van der Waals surface area contributed by atoms with Gasteiger partial charge in [-0.1, -0.05) is 0 Å². The normalized spacial score (nSPS) is 11.6. The number of aromatic nitrogens is 1. The van der Waals surface area contributed by atoms with Gasteiger partial charge in [-0.2, -0.15) is 4.37 Å². The molecule has 3 N–H and O–H groups in total. The molecule has 1 rings (SSSR count). The molecule has 0 saturated carbocycles. The van der Waals surface area contributed by atoms with Crippen molar-refractivity contribution in [2.45, 2.75) is 26.3 Å². The van der Waals surface area contributed by atoms with E-state index in [0.717, 1.165) is 5.00 Å². The third kappa shape index (κ3) is 2.38. The van der Waals surface area contributed by atoms with E-state index >= 15 is 0 Å². The van der Waals surface area contributed by atoms with E-state index in [1.807, 2.05) is 32.7 Å². The fourth-order valence-corrected chi connectivity index (χ4v) is 2.04. The van der Waals surface area contributed by atoms with Crippen LogP contribution < -0.4 is 15.4 Å². The minimum Gasteiger partial charge on any atom is -0.487 e. The molecule has 0 aliphatic rings. The van der Waals surface area contributed by atoms with E-state index in [-0.39, 0.29) is 12.1 Å². The topological polar surface area (TPSA) is 71.6 Å². The van der Waals surface area contributed by atoms with Gasteiger partial charge in [-0.3, -0.25) is 0 Å². The molecule has 0 aliphatic heterocycles. The molecule has 0 amide bonds. The molecule has 6 heteroatoms. The molecule has 0 aliphatic carbocycles. The van der Waals surface area contributed by atoms with Crippen molar-refractivity contribution < 1.29 is 9.84 Å². The lowest BCUT2D eigenvalue weighted by molar-refractivity contribution is 0.216. The zero-order chi connectivity index (χ0) is 12.3. The smallest absolute Gasteiger partial charge is 0.197 e. The Morgan fingerprint density at radius 3 is 2.69 bits per heavy atom.